The van der Waals surface area contributed by atoms with Gasteiger partial charge >= 0.3 is 0 Å². The first-order valence-electron chi connectivity index (χ1n) is 7.60. The highest BCUT2D eigenvalue weighted by atomic mass is 32.1. The van der Waals surface area contributed by atoms with Gasteiger partial charge in [-0.3, -0.25) is 9.59 Å². The topological polar surface area (TPSA) is 84.0 Å². The fourth-order valence-corrected chi connectivity index (χ4v) is 3.38. The van der Waals surface area contributed by atoms with Crippen molar-refractivity contribution in [1.82, 2.24) is 14.9 Å². The molecule has 0 aliphatic rings. The lowest BCUT2D eigenvalue weighted by atomic mass is 10.1. The van der Waals surface area contributed by atoms with Crippen molar-refractivity contribution >= 4 is 40.4 Å². The van der Waals surface area contributed by atoms with Gasteiger partial charge in [-0.2, -0.15) is 0 Å². The quantitative estimate of drug-likeness (QED) is 0.697. The highest BCUT2D eigenvalue weighted by Crippen LogP contribution is 2.15. The van der Waals surface area contributed by atoms with Gasteiger partial charge in [-0.05, 0) is 47.6 Å². The lowest BCUT2D eigenvalue weighted by Gasteiger charge is -2.06. The first kappa shape index (κ1) is 17.2. The summed E-state index contributed by atoms with van der Waals surface area (Å²) in [7, 11) is 0. The Morgan fingerprint density at radius 1 is 1.16 bits per heavy atom. The average molecular weight is 372 g/mol. The van der Waals surface area contributed by atoms with Crippen molar-refractivity contribution in [1.29, 1.82) is 0 Å². The molecule has 0 bridgehead atoms. The van der Waals surface area contributed by atoms with E-state index in [1.54, 1.807) is 30.4 Å². The second-order valence-electron chi connectivity index (χ2n) is 5.37. The van der Waals surface area contributed by atoms with Crippen LogP contribution in [0.4, 0.5) is 5.69 Å². The molecule has 0 unspecified atom stereocenters. The number of benzene rings is 1. The van der Waals surface area contributed by atoms with Crippen molar-refractivity contribution in [3.63, 3.8) is 0 Å². The average Bonchev–Trinajstić information content (AvgIpc) is 3.26. The smallest absolute Gasteiger partial charge is 0.269 e. The summed E-state index contributed by atoms with van der Waals surface area (Å²) in [5, 5.41) is 11.5. The number of aryl methyl sites for hydroxylation is 1. The molecule has 2 N–H and O–H groups in total. The van der Waals surface area contributed by atoms with Crippen molar-refractivity contribution in [2.75, 3.05) is 5.32 Å². The molecule has 2 amide bonds. The van der Waals surface area contributed by atoms with Gasteiger partial charge in [-0.1, -0.05) is 22.7 Å². The number of hydrogen-bond donors (Lipinski definition) is 2. The van der Waals surface area contributed by atoms with Crippen LogP contribution in [-0.4, -0.2) is 21.4 Å². The van der Waals surface area contributed by atoms with Gasteiger partial charge in [-0.15, -0.1) is 16.4 Å². The maximum atomic E-state index is 12.1. The predicted octanol–water partition coefficient (Wildman–Crippen LogP) is 3.02. The van der Waals surface area contributed by atoms with E-state index >= 15 is 0 Å². The lowest BCUT2D eigenvalue weighted by molar-refractivity contribution is -0.120. The fourth-order valence-electron chi connectivity index (χ4n) is 2.18. The van der Waals surface area contributed by atoms with E-state index in [9.17, 15) is 9.59 Å². The fraction of sp³-hybridized carbons (Fsp3) is 0.176. The molecule has 0 spiro atoms. The van der Waals surface area contributed by atoms with Gasteiger partial charge in [0.1, 0.15) is 4.88 Å². The van der Waals surface area contributed by atoms with E-state index in [0.717, 1.165) is 22.0 Å². The molecule has 0 fully saturated rings. The number of aromatic nitrogens is 2. The summed E-state index contributed by atoms with van der Waals surface area (Å²) in [5.41, 5.74) is 2.17. The molecule has 0 aliphatic heterocycles. The van der Waals surface area contributed by atoms with E-state index in [1.807, 2.05) is 29.6 Å². The largest absolute Gasteiger partial charge is 0.351 e. The van der Waals surface area contributed by atoms with Gasteiger partial charge in [-0.25, -0.2) is 0 Å². The lowest BCUT2D eigenvalue weighted by Crippen LogP contribution is -2.24. The van der Waals surface area contributed by atoms with Crippen LogP contribution in [0.25, 0.3) is 0 Å². The van der Waals surface area contributed by atoms with Crippen LogP contribution in [0, 0.1) is 6.92 Å². The Balaban J connectivity index is 1.52. The van der Waals surface area contributed by atoms with Crippen LogP contribution in [0.15, 0.2) is 41.8 Å². The minimum absolute atomic E-state index is 0.0310. The van der Waals surface area contributed by atoms with E-state index in [2.05, 4.69) is 20.2 Å². The highest BCUT2D eigenvalue weighted by molar-refractivity contribution is 7.09. The summed E-state index contributed by atoms with van der Waals surface area (Å²) in [6.45, 7) is 2.29. The van der Waals surface area contributed by atoms with Gasteiger partial charge in [0.2, 0.25) is 5.91 Å². The molecule has 0 atom stereocenters. The molecule has 25 heavy (non-hydrogen) atoms. The zero-order valence-electron chi connectivity index (χ0n) is 13.5. The Kier molecular flexibility index (Phi) is 5.52. The van der Waals surface area contributed by atoms with Crippen LogP contribution in [0.5, 0.6) is 0 Å². The number of amides is 2. The molecule has 8 heteroatoms. The SMILES string of the molecule is Cc1nnsc1C(=O)Nc1ccc(CC(=O)NCc2cccs2)cc1. The molecule has 2 heterocycles. The first-order valence-corrected chi connectivity index (χ1v) is 9.25. The van der Waals surface area contributed by atoms with Crippen LogP contribution in [0.3, 0.4) is 0 Å². The zero-order chi connectivity index (χ0) is 17.6. The standard InChI is InChI=1S/C17H16N4O2S2/c1-11-16(25-21-20-11)17(23)19-13-6-4-12(5-7-13)9-15(22)18-10-14-3-2-8-24-14/h2-8H,9-10H2,1H3,(H,18,22)(H,19,23). The maximum absolute atomic E-state index is 12.1. The number of thiophene rings is 1. The second kappa shape index (κ2) is 8.00. The van der Waals surface area contributed by atoms with Crippen molar-refractivity contribution in [3.8, 4) is 0 Å². The van der Waals surface area contributed by atoms with Gasteiger partial charge in [0.05, 0.1) is 18.7 Å². The molecular formula is C17H16N4O2S2. The van der Waals surface area contributed by atoms with Crippen LogP contribution in [0.2, 0.25) is 0 Å². The summed E-state index contributed by atoms with van der Waals surface area (Å²) in [6.07, 6.45) is 0.303. The Labute approximate surface area is 153 Å². The summed E-state index contributed by atoms with van der Waals surface area (Å²) in [4.78, 5) is 25.7. The van der Waals surface area contributed by atoms with Crippen molar-refractivity contribution in [2.45, 2.75) is 19.9 Å². The van der Waals surface area contributed by atoms with Crippen molar-refractivity contribution in [2.24, 2.45) is 0 Å². The predicted molar refractivity (Wildman–Crippen MR) is 98.9 cm³/mol. The maximum Gasteiger partial charge on any atom is 0.269 e. The van der Waals surface area contributed by atoms with E-state index < -0.39 is 0 Å². The molecule has 128 valence electrons. The number of carbonyl (C=O) groups excluding carboxylic acids is 2. The highest BCUT2D eigenvalue weighted by Gasteiger charge is 2.13. The number of rotatable bonds is 6. The number of anilines is 1. The van der Waals surface area contributed by atoms with Gasteiger partial charge < -0.3 is 10.6 Å². The second-order valence-corrected chi connectivity index (χ2v) is 7.16. The summed E-state index contributed by atoms with van der Waals surface area (Å²) < 4.78 is 3.75. The summed E-state index contributed by atoms with van der Waals surface area (Å²) >= 11 is 2.68. The summed E-state index contributed by atoms with van der Waals surface area (Å²) in [5.74, 6) is -0.259. The number of hydrogen-bond acceptors (Lipinski definition) is 6. The molecule has 0 saturated heterocycles. The Morgan fingerprint density at radius 2 is 1.96 bits per heavy atom. The van der Waals surface area contributed by atoms with E-state index in [4.69, 9.17) is 0 Å². The van der Waals surface area contributed by atoms with E-state index in [-0.39, 0.29) is 11.8 Å². The number of nitrogens with zero attached hydrogens (tertiary/aromatic N) is 2. The Hall–Kier alpha value is -2.58. The van der Waals surface area contributed by atoms with E-state index in [1.165, 1.54) is 0 Å². The van der Waals surface area contributed by atoms with Gasteiger partial charge in [0.25, 0.3) is 5.91 Å². The molecular weight excluding hydrogens is 356 g/mol. The van der Waals surface area contributed by atoms with Crippen molar-refractivity contribution < 1.29 is 9.59 Å². The van der Waals surface area contributed by atoms with Crippen molar-refractivity contribution in [3.05, 3.63) is 62.8 Å². The Bertz CT molecular complexity index is 857. The third kappa shape index (κ3) is 4.71. The molecule has 0 aliphatic carbocycles. The molecule has 3 aromatic rings. The molecule has 0 radical (unpaired) electrons. The minimum Gasteiger partial charge on any atom is -0.351 e. The zero-order valence-corrected chi connectivity index (χ0v) is 15.1. The number of nitrogens with one attached hydrogen (secondary N) is 2. The molecule has 6 nitrogen and oxygen atoms in total. The normalized spacial score (nSPS) is 10.4. The molecule has 0 saturated carbocycles. The molecule has 2 aromatic heterocycles. The minimum atomic E-state index is -0.228. The first-order chi connectivity index (χ1) is 12.1. The van der Waals surface area contributed by atoms with Crippen LogP contribution in [0.1, 0.15) is 25.8 Å². The van der Waals surface area contributed by atoms with Crippen LogP contribution >= 0.6 is 22.9 Å². The van der Waals surface area contributed by atoms with Crippen LogP contribution in [-0.2, 0) is 17.8 Å². The monoisotopic (exact) mass is 372 g/mol. The summed E-state index contributed by atoms with van der Waals surface area (Å²) in [6, 6.07) is 11.2. The number of carbonyl (C=O) groups is 2. The third-order valence-corrected chi connectivity index (χ3v) is 5.18. The Morgan fingerprint density at radius 3 is 2.60 bits per heavy atom. The van der Waals surface area contributed by atoms with E-state index in [0.29, 0.717) is 29.2 Å². The molecule has 1 aromatic carbocycles. The third-order valence-electron chi connectivity index (χ3n) is 3.47. The molecule has 3 rings (SSSR count). The van der Waals surface area contributed by atoms with Gasteiger partial charge in [0.15, 0.2) is 0 Å². The van der Waals surface area contributed by atoms with Crippen LogP contribution < -0.4 is 10.6 Å². The van der Waals surface area contributed by atoms with Gasteiger partial charge in [0, 0.05) is 10.6 Å².